The number of carbonyl (C=O) groups excluding carboxylic acids is 2. The Morgan fingerprint density at radius 2 is 1.41 bits per heavy atom. The molecule has 0 saturated carbocycles. The molecular formula is C22H14ClFN2O3. The summed E-state index contributed by atoms with van der Waals surface area (Å²) in [4.78, 5) is 25.8. The third-order valence-corrected chi connectivity index (χ3v) is 4.57. The first-order valence-electron chi connectivity index (χ1n) is 8.67. The molecule has 0 aromatic heterocycles. The molecule has 1 N–H and O–H groups in total. The number of nitrogens with one attached hydrogen (secondary N) is 1. The second kappa shape index (κ2) is 7.77. The predicted octanol–water partition coefficient (Wildman–Crippen LogP) is 5.05. The minimum absolute atomic E-state index is 0.114. The van der Waals surface area contributed by atoms with Crippen molar-refractivity contribution in [2.75, 3.05) is 10.2 Å². The van der Waals surface area contributed by atoms with E-state index in [0.717, 1.165) is 0 Å². The molecule has 0 atom stereocenters. The SMILES string of the molecule is O=C1C(Cl)=C(Nc2ccc(Oc3ccccc3)cc2)C(=O)N1c1ccccc1F. The van der Waals surface area contributed by atoms with Gasteiger partial charge in [-0.1, -0.05) is 41.9 Å². The Bertz CT molecular complexity index is 1110. The molecule has 144 valence electrons. The van der Waals surface area contributed by atoms with Gasteiger partial charge < -0.3 is 10.1 Å². The van der Waals surface area contributed by atoms with E-state index in [4.69, 9.17) is 16.3 Å². The highest BCUT2D eigenvalue weighted by Gasteiger charge is 2.40. The van der Waals surface area contributed by atoms with E-state index in [0.29, 0.717) is 22.1 Å². The molecule has 3 aromatic rings. The molecule has 0 saturated heterocycles. The quantitative estimate of drug-likeness (QED) is 0.600. The van der Waals surface area contributed by atoms with E-state index < -0.39 is 17.6 Å². The molecule has 1 aliphatic heterocycles. The number of halogens is 2. The Morgan fingerprint density at radius 1 is 0.793 bits per heavy atom. The molecule has 3 aromatic carbocycles. The van der Waals surface area contributed by atoms with Gasteiger partial charge in [-0.25, -0.2) is 9.29 Å². The lowest BCUT2D eigenvalue weighted by Crippen LogP contribution is -2.33. The van der Waals surface area contributed by atoms with Gasteiger partial charge in [0.25, 0.3) is 11.8 Å². The van der Waals surface area contributed by atoms with Gasteiger partial charge in [-0.15, -0.1) is 0 Å². The molecule has 1 heterocycles. The highest BCUT2D eigenvalue weighted by atomic mass is 35.5. The van der Waals surface area contributed by atoms with E-state index in [9.17, 15) is 14.0 Å². The number of hydrogen-bond donors (Lipinski definition) is 1. The number of nitrogens with zero attached hydrogens (tertiary/aromatic N) is 1. The first kappa shape index (κ1) is 18.7. The summed E-state index contributed by atoms with van der Waals surface area (Å²) < 4.78 is 19.8. The molecule has 2 amide bonds. The molecule has 5 nitrogen and oxygen atoms in total. The van der Waals surface area contributed by atoms with Crippen LogP contribution in [0.4, 0.5) is 15.8 Å². The fourth-order valence-corrected chi connectivity index (χ4v) is 3.05. The molecule has 1 aliphatic rings. The molecule has 7 heteroatoms. The summed E-state index contributed by atoms with van der Waals surface area (Å²) in [6.45, 7) is 0. The van der Waals surface area contributed by atoms with Gasteiger partial charge in [-0.3, -0.25) is 9.59 Å². The van der Waals surface area contributed by atoms with Crippen LogP contribution in [0.2, 0.25) is 0 Å². The largest absolute Gasteiger partial charge is 0.457 e. The topological polar surface area (TPSA) is 58.6 Å². The van der Waals surface area contributed by atoms with Crippen LogP contribution < -0.4 is 15.0 Å². The Kier molecular flexibility index (Phi) is 5.01. The minimum Gasteiger partial charge on any atom is -0.457 e. The van der Waals surface area contributed by atoms with E-state index in [2.05, 4.69) is 5.32 Å². The van der Waals surface area contributed by atoms with Gasteiger partial charge in [-0.2, -0.15) is 0 Å². The highest BCUT2D eigenvalue weighted by molar-refractivity contribution is 6.53. The van der Waals surface area contributed by atoms with Crippen molar-refractivity contribution >= 4 is 34.8 Å². The zero-order valence-electron chi connectivity index (χ0n) is 14.9. The smallest absolute Gasteiger partial charge is 0.283 e. The third kappa shape index (κ3) is 3.70. The van der Waals surface area contributed by atoms with Crippen LogP contribution in [0, 0.1) is 5.82 Å². The lowest BCUT2D eigenvalue weighted by Gasteiger charge is -2.15. The summed E-state index contributed by atoms with van der Waals surface area (Å²) in [5.41, 5.74) is 0.260. The fourth-order valence-electron chi connectivity index (χ4n) is 2.84. The first-order valence-corrected chi connectivity index (χ1v) is 9.05. The van der Waals surface area contributed by atoms with Crippen LogP contribution in [-0.4, -0.2) is 11.8 Å². The zero-order chi connectivity index (χ0) is 20.4. The summed E-state index contributed by atoms with van der Waals surface area (Å²) in [6.07, 6.45) is 0. The van der Waals surface area contributed by atoms with E-state index in [-0.39, 0.29) is 16.4 Å². The van der Waals surface area contributed by atoms with Gasteiger partial charge >= 0.3 is 0 Å². The summed E-state index contributed by atoms with van der Waals surface area (Å²) in [5, 5.41) is 2.54. The average molecular weight is 409 g/mol. The number of para-hydroxylation sites is 2. The van der Waals surface area contributed by atoms with Gasteiger partial charge in [0, 0.05) is 5.69 Å². The maximum absolute atomic E-state index is 14.1. The van der Waals surface area contributed by atoms with Crippen molar-refractivity contribution < 1.29 is 18.7 Å². The summed E-state index contributed by atoms with van der Waals surface area (Å²) in [7, 11) is 0. The van der Waals surface area contributed by atoms with Crippen molar-refractivity contribution in [1.29, 1.82) is 0 Å². The second-order valence-corrected chi connectivity index (χ2v) is 6.53. The van der Waals surface area contributed by atoms with Crippen molar-refractivity contribution in [3.63, 3.8) is 0 Å². The summed E-state index contributed by atoms with van der Waals surface area (Å²) in [5.74, 6) is -0.912. The first-order chi connectivity index (χ1) is 14.0. The standard InChI is InChI=1S/C22H14ClFN2O3/c23-19-20(22(28)26(21(19)27)18-9-5-4-8-17(18)24)25-14-10-12-16(13-11-14)29-15-6-2-1-3-7-15/h1-13,25H. The maximum atomic E-state index is 14.1. The van der Waals surface area contributed by atoms with Crippen LogP contribution in [0.3, 0.4) is 0 Å². The zero-order valence-corrected chi connectivity index (χ0v) is 15.7. The van der Waals surface area contributed by atoms with Gasteiger partial charge in [0.05, 0.1) is 5.69 Å². The Balaban J connectivity index is 1.52. The molecule has 0 spiro atoms. The predicted molar refractivity (Wildman–Crippen MR) is 108 cm³/mol. The van der Waals surface area contributed by atoms with E-state index in [1.165, 1.54) is 24.3 Å². The molecular weight excluding hydrogens is 395 g/mol. The molecule has 0 aliphatic carbocycles. The molecule has 0 radical (unpaired) electrons. The van der Waals surface area contributed by atoms with E-state index in [1.54, 1.807) is 24.3 Å². The van der Waals surface area contributed by atoms with Crippen LogP contribution in [0.5, 0.6) is 11.5 Å². The van der Waals surface area contributed by atoms with Crippen molar-refractivity contribution in [3.05, 3.63) is 95.4 Å². The summed E-state index contributed by atoms with van der Waals surface area (Å²) >= 11 is 6.07. The highest BCUT2D eigenvalue weighted by Crippen LogP contribution is 2.32. The second-order valence-electron chi connectivity index (χ2n) is 6.15. The van der Waals surface area contributed by atoms with E-state index >= 15 is 0 Å². The van der Waals surface area contributed by atoms with Crippen LogP contribution in [0.15, 0.2) is 89.6 Å². The number of anilines is 2. The average Bonchev–Trinajstić information content (AvgIpc) is 2.94. The van der Waals surface area contributed by atoms with Gasteiger partial charge in [0.15, 0.2) is 0 Å². The van der Waals surface area contributed by atoms with Crippen molar-refractivity contribution in [2.45, 2.75) is 0 Å². The van der Waals surface area contributed by atoms with E-state index in [1.807, 2.05) is 30.3 Å². The summed E-state index contributed by atoms with van der Waals surface area (Å²) in [6, 6.07) is 21.6. The molecule has 0 unspecified atom stereocenters. The minimum atomic E-state index is -0.784. The number of hydrogen-bond acceptors (Lipinski definition) is 4. The van der Waals surface area contributed by atoms with Crippen LogP contribution in [0.25, 0.3) is 0 Å². The Hall–Kier alpha value is -3.64. The number of ether oxygens (including phenoxy) is 1. The van der Waals surface area contributed by atoms with Crippen LogP contribution >= 0.6 is 11.6 Å². The van der Waals surface area contributed by atoms with Crippen LogP contribution in [0.1, 0.15) is 0 Å². The third-order valence-electron chi connectivity index (χ3n) is 4.22. The lowest BCUT2D eigenvalue weighted by atomic mass is 10.2. The van der Waals surface area contributed by atoms with Crippen molar-refractivity contribution in [2.24, 2.45) is 0 Å². The monoisotopic (exact) mass is 408 g/mol. The van der Waals surface area contributed by atoms with Crippen molar-refractivity contribution in [1.82, 2.24) is 0 Å². The molecule has 0 bridgehead atoms. The van der Waals surface area contributed by atoms with Gasteiger partial charge in [0.1, 0.15) is 28.0 Å². The number of rotatable bonds is 5. The number of imide groups is 1. The fraction of sp³-hybridized carbons (Fsp3) is 0. The molecule has 4 rings (SSSR count). The molecule has 29 heavy (non-hydrogen) atoms. The number of benzene rings is 3. The van der Waals surface area contributed by atoms with Gasteiger partial charge in [0.2, 0.25) is 0 Å². The van der Waals surface area contributed by atoms with Gasteiger partial charge in [-0.05, 0) is 48.5 Å². The normalized spacial score (nSPS) is 13.8. The lowest BCUT2D eigenvalue weighted by molar-refractivity contribution is -0.120. The number of amides is 2. The number of carbonyl (C=O) groups is 2. The molecule has 0 fully saturated rings. The van der Waals surface area contributed by atoms with Crippen LogP contribution in [-0.2, 0) is 9.59 Å². The Morgan fingerprint density at radius 3 is 2.10 bits per heavy atom. The Labute approximate surface area is 171 Å². The van der Waals surface area contributed by atoms with Crippen molar-refractivity contribution in [3.8, 4) is 11.5 Å². The maximum Gasteiger partial charge on any atom is 0.283 e.